The van der Waals surface area contributed by atoms with E-state index >= 15 is 0 Å². The second kappa shape index (κ2) is 10.3. The van der Waals surface area contributed by atoms with E-state index in [0.717, 1.165) is 22.1 Å². The zero-order valence-corrected chi connectivity index (χ0v) is 21.2. The van der Waals surface area contributed by atoms with Crippen LogP contribution in [0.4, 0.5) is 0 Å². The van der Waals surface area contributed by atoms with Crippen molar-refractivity contribution in [2.45, 2.75) is 45.6 Å². The molecule has 4 heteroatoms. The average Bonchev–Trinajstić information content (AvgIpc) is 3.37. The number of fused-ring (bicyclic) bond motifs is 1. The zero-order valence-electron chi connectivity index (χ0n) is 20.4. The van der Waals surface area contributed by atoms with Crippen LogP contribution in [0.1, 0.15) is 60.3 Å². The van der Waals surface area contributed by atoms with Crippen molar-refractivity contribution in [1.29, 1.82) is 0 Å². The fourth-order valence-corrected chi connectivity index (χ4v) is 5.94. The molecule has 176 valence electrons. The fourth-order valence-electron chi connectivity index (χ4n) is 5.26. The number of aryl methyl sites for hydroxylation is 1. The molecule has 0 radical (unpaired) electrons. The minimum absolute atomic E-state index is 0.156. The van der Waals surface area contributed by atoms with E-state index in [-0.39, 0.29) is 6.10 Å². The summed E-state index contributed by atoms with van der Waals surface area (Å²) in [5.74, 6) is 2.25. The van der Waals surface area contributed by atoms with Crippen LogP contribution in [0.2, 0.25) is 0 Å². The molecule has 0 bridgehead atoms. The van der Waals surface area contributed by atoms with Gasteiger partial charge >= 0.3 is 0 Å². The van der Waals surface area contributed by atoms with Crippen molar-refractivity contribution in [2.24, 2.45) is 5.92 Å². The average molecular weight is 471 g/mol. The van der Waals surface area contributed by atoms with Crippen LogP contribution in [0.15, 0.2) is 72.4 Å². The molecule has 2 heterocycles. The molecule has 34 heavy (non-hydrogen) atoms. The maximum absolute atomic E-state index is 6.67. The quantitative estimate of drug-likeness (QED) is 0.278. The van der Waals surface area contributed by atoms with Crippen molar-refractivity contribution >= 4 is 22.1 Å². The van der Waals surface area contributed by atoms with Gasteiger partial charge in [0.25, 0.3) is 0 Å². The number of hydrogen-bond donors (Lipinski definition) is 0. The van der Waals surface area contributed by atoms with Crippen LogP contribution in [0.3, 0.4) is 0 Å². The van der Waals surface area contributed by atoms with Gasteiger partial charge in [0.05, 0.1) is 10.4 Å². The second-order valence-electron chi connectivity index (χ2n) is 10.0. The molecule has 0 N–H and O–H groups in total. The highest BCUT2D eigenvalue weighted by Crippen LogP contribution is 2.37. The number of nitrogens with zero attached hydrogens (tertiary/aromatic N) is 2. The highest BCUT2D eigenvalue weighted by Gasteiger charge is 2.23. The van der Waals surface area contributed by atoms with E-state index in [2.05, 4.69) is 91.3 Å². The Morgan fingerprint density at radius 2 is 1.85 bits per heavy atom. The van der Waals surface area contributed by atoms with Crippen LogP contribution in [0, 0.1) is 12.8 Å². The van der Waals surface area contributed by atoms with E-state index in [0.29, 0.717) is 5.92 Å². The molecular formula is C30H34N2OS. The molecule has 0 aliphatic carbocycles. The number of thiazole rings is 1. The number of ether oxygens (including phenoxy) is 1. The predicted molar refractivity (Wildman–Crippen MR) is 143 cm³/mol. The number of benzene rings is 3. The maximum atomic E-state index is 6.67. The Morgan fingerprint density at radius 1 is 1.03 bits per heavy atom. The van der Waals surface area contributed by atoms with E-state index in [1.807, 2.05) is 11.7 Å². The number of aromatic nitrogens is 1. The first-order valence-electron chi connectivity index (χ1n) is 12.4. The van der Waals surface area contributed by atoms with Gasteiger partial charge in [-0.05, 0) is 78.7 Å². The first-order valence-corrected chi connectivity index (χ1v) is 13.3. The van der Waals surface area contributed by atoms with Crippen LogP contribution < -0.4 is 4.74 Å². The van der Waals surface area contributed by atoms with E-state index in [1.165, 1.54) is 54.4 Å². The molecule has 1 fully saturated rings. The molecule has 3 nitrogen and oxygen atoms in total. The van der Waals surface area contributed by atoms with Gasteiger partial charge in [-0.1, -0.05) is 67.9 Å². The molecule has 1 unspecified atom stereocenters. The molecule has 1 saturated heterocycles. The standard InChI is InChI=1S/C30H34N2OS/c1-21(2)19-32-14-12-24(13-15-32)27-9-5-7-23-10-11-26(17-28(23)27)33-30(29-18-31-20-34-29)25-8-4-6-22(3)16-25/h4-11,16-18,20-21,24,30H,12-15,19H2,1-3H3. The van der Waals surface area contributed by atoms with Gasteiger partial charge in [-0.2, -0.15) is 0 Å². The van der Waals surface area contributed by atoms with Crippen molar-refractivity contribution in [2.75, 3.05) is 19.6 Å². The summed E-state index contributed by atoms with van der Waals surface area (Å²) in [6.07, 6.45) is 4.22. The summed E-state index contributed by atoms with van der Waals surface area (Å²) >= 11 is 1.64. The number of piperidine rings is 1. The lowest BCUT2D eigenvalue weighted by Crippen LogP contribution is -2.35. The molecule has 3 aromatic carbocycles. The summed E-state index contributed by atoms with van der Waals surface area (Å²) in [4.78, 5) is 8.07. The molecule has 1 aliphatic heterocycles. The van der Waals surface area contributed by atoms with Gasteiger partial charge in [0, 0.05) is 12.7 Å². The summed E-state index contributed by atoms with van der Waals surface area (Å²) in [7, 11) is 0. The van der Waals surface area contributed by atoms with Gasteiger partial charge < -0.3 is 9.64 Å². The molecular weight excluding hydrogens is 436 g/mol. The van der Waals surface area contributed by atoms with Gasteiger partial charge in [0.1, 0.15) is 5.75 Å². The Balaban J connectivity index is 1.43. The van der Waals surface area contributed by atoms with E-state index in [4.69, 9.17) is 4.74 Å². The lowest BCUT2D eigenvalue weighted by molar-refractivity contribution is 0.192. The third-order valence-electron chi connectivity index (χ3n) is 6.85. The smallest absolute Gasteiger partial charge is 0.159 e. The van der Waals surface area contributed by atoms with Gasteiger partial charge in [-0.25, -0.2) is 0 Å². The molecule has 0 amide bonds. The summed E-state index contributed by atoms with van der Waals surface area (Å²) < 4.78 is 6.67. The van der Waals surface area contributed by atoms with Crippen molar-refractivity contribution in [3.63, 3.8) is 0 Å². The SMILES string of the molecule is Cc1cccc(C(Oc2ccc3cccc(C4CCN(CC(C)C)CC4)c3c2)c2cncs2)c1. The van der Waals surface area contributed by atoms with Crippen molar-refractivity contribution < 1.29 is 4.74 Å². The summed E-state index contributed by atoms with van der Waals surface area (Å²) in [5, 5.41) is 2.62. The molecule has 1 atom stereocenters. The molecule has 5 rings (SSSR count). The van der Waals surface area contributed by atoms with Crippen LogP contribution in [-0.4, -0.2) is 29.5 Å². The van der Waals surface area contributed by atoms with Gasteiger partial charge in [-0.15, -0.1) is 11.3 Å². The first kappa shape index (κ1) is 23.1. The van der Waals surface area contributed by atoms with Crippen molar-refractivity contribution in [3.05, 3.63) is 93.9 Å². The largest absolute Gasteiger partial charge is 0.480 e. The highest BCUT2D eigenvalue weighted by molar-refractivity contribution is 7.09. The summed E-state index contributed by atoms with van der Waals surface area (Å²) in [6.45, 7) is 10.3. The Kier molecular flexibility index (Phi) is 6.98. The number of likely N-dealkylation sites (tertiary alicyclic amines) is 1. The Labute approximate surface area is 207 Å². The lowest BCUT2D eigenvalue weighted by atomic mass is 9.86. The normalized spacial score (nSPS) is 16.2. The third kappa shape index (κ3) is 5.18. The topological polar surface area (TPSA) is 25.4 Å². The molecule has 1 aliphatic rings. The predicted octanol–water partition coefficient (Wildman–Crippen LogP) is 7.61. The minimum Gasteiger partial charge on any atom is -0.480 e. The Bertz CT molecular complexity index is 1230. The molecule has 0 saturated carbocycles. The lowest BCUT2D eigenvalue weighted by Gasteiger charge is -2.33. The van der Waals surface area contributed by atoms with Gasteiger partial charge in [-0.3, -0.25) is 4.98 Å². The van der Waals surface area contributed by atoms with Crippen LogP contribution >= 0.6 is 11.3 Å². The molecule has 1 aromatic heterocycles. The summed E-state index contributed by atoms with van der Waals surface area (Å²) in [5.41, 5.74) is 5.75. The molecule has 4 aromatic rings. The fraction of sp³-hybridized carbons (Fsp3) is 0.367. The summed E-state index contributed by atoms with van der Waals surface area (Å²) in [6, 6.07) is 21.9. The molecule has 0 spiro atoms. The number of hydrogen-bond acceptors (Lipinski definition) is 4. The van der Waals surface area contributed by atoms with Gasteiger partial charge in [0.2, 0.25) is 0 Å². The first-order chi connectivity index (χ1) is 16.6. The maximum Gasteiger partial charge on any atom is 0.159 e. The second-order valence-corrected chi connectivity index (χ2v) is 10.9. The zero-order chi connectivity index (χ0) is 23.5. The van der Waals surface area contributed by atoms with Crippen LogP contribution in [0.5, 0.6) is 5.75 Å². The van der Waals surface area contributed by atoms with Crippen molar-refractivity contribution in [1.82, 2.24) is 9.88 Å². The minimum atomic E-state index is -0.156. The third-order valence-corrected chi connectivity index (χ3v) is 7.67. The Morgan fingerprint density at radius 3 is 2.59 bits per heavy atom. The highest BCUT2D eigenvalue weighted by atomic mass is 32.1. The van der Waals surface area contributed by atoms with Gasteiger partial charge in [0.15, 0.2) is 6.10 Å². The van der Waals surface area contributed by atoms with Crippen LogP contribution in [0.25, 0.3) is 10.8 Å². The van der Waals surface area contributed by atoms with E-state index in [9.17, 15) is 0 Å². The monoisotopic (exact) mass is 470 g/mol. The Hall–Kier alpha value is -2.69. The van der Waals surface area contributed by atoms with Crippen LogP contribution in [-0.2, 0) is 0 Å². The van der Waals surface area contributed by atoms with E-state index < -0.39 is 0 Å². The van der Waals surface area contributed by atoms with Crippen molar-refractivity contribution in [3.8, 4) is 5.75 Å². The van der Waals surface area contributed by atoms with E-state index in [1.54, 1.807) is 11.3 Å². The number of rotatable bonds is 7.